The van der Waals surface area contributed by atoms with Crippen LogP contribution in [0.3, 0.4) is 0 Å². The molecule has 2 amide bonds. The van der Waals surface area contributed by atoms with Gasteiger partial charge < -0.3 is 14.9 Å². The van der Waals surface area contributed by atoms with Gasteiger partial charge in [-0.05, 0) is 6.92 Å². The highest BCUT2D eigenvalue weighted by Gasteiger charge is 2.22. The molecule has 102 valence electrons. The lowest BCUT2D eigenvalue weighted by Crippen LogP contribution is -2.37. The Balaban J connectivity index is 4.31. The highest BCUT2D eigenvalue weighted by Crippen LogP contribution is 1.96. The Morgan fingerprint density at radius 2 is 1.78 bits per heavy atom. The number of ketones is 1. The number of amides is 2. The van der Waals surface area contributed by atoms with Crippen molar-refractivity contribution in [1.29, 1.82) is 0 Å². The van der Waals surface area contributed by atoms with Crippen molar-refractivity contribution in [2.24, 2.45) is 0 Å². The fourth-order valence-corrected chi connectivity index (χ4v) is 1.18. The molecule has 0 rings (SSSR count). The van der Waals surface area contributed by atoms with E-state index in [4.69, 9.17) is 5.11 Å². The van der Waals surface area contributed by atoms with Gasteiger partial charge in [-0.15, -0.1) is 0 Å². The Kier molecular flexibility index (Phi) is 7.62. The van der Waals surface area contributed by atoms with Gasteiger partial charge in [0.2, 0.25) is 11.7 Å². The standard InChI is InChI=1S/C12H20N2O4/c1-4-5-6-14(3)12(18)10(16)9-11(17)13(2)7-8-15/h4-5,15H,6-9H2,1-3H3/b5-4+. The van der Waals surface area contributed by atoms with E-state index in [0.29, 0.717) is 6.54 Å². The number of carbonyl (C=O) groups is 3. The molecule has 0 saturated carbocycles. The Labute approximate surface area is 107 Å². The van der Waals surface area contributed by atoms with Crippen LogP contribution in [-0.4, -0.2) is 66.3 Å². The SMILES string of the molecule is C/C=C/CN(C)C(=O)C(=O)CC(=O)N(C)CCO. The van der Waals surface area contributed by atoms with Crippen molar-refractivity contribution >= 4 is 17.6 Å². The number of nitrogens with zero attached hydrogens (tertiary/aromatic N) is 2. The summed E-state index contributed by atoms with van der Waals surface area (Å²) in [5, 5.41) is 8.65. The van der Waals surface area contributed by atoms with Gasteiger partial charge in [-0.1, -0.05) is 12.2 Å². The second kappa shape index (κ2) is 8.41. The van der Waals surface area contributed by atoms with Crippen molar-refractivity contribution < 1.29 is 19.5 Å². The Hall–Kier alpha value is -1.69. The highest BCUT2D eigenvalue weighted by molar-refractivity contribution is 6.39. The van der Waals surface area contributed by atoms with Gasteiger partial charge in [-0.3, -0.25) is 14.4 Å². The van der Waals surface area contributed by atoms with Crippen molar-refractivity contribution in [2.45, 2.75) is 13.3 Å². The van der Waals surface area contributed by atoms with Crippen molar-refractivity contribution in [1.82, 2.24) is 9.80 Å². The van der Waals surface area contributed by atoms with Crippen LogP contribution in [0.4, 0.5) is 0 Å². The summed E-state index contributed by atoms with van der Waals surface area (Å²) in [6, 6.07) is 0. The van der Waals surface area contributed by atoms with Gasteiger partial charge >= 0.3 is 0 Å². The number of aliphatic hydroxyl groups is 1. The third kappa shape index (κ3) is 5.58. The minimum atomic E-state index is -0.739. The molecule has 0 aliphatic heterocycles. The van der Waals surface area contributed by atoms with E-state index < -0.39 is 24.0 Å². The van der Waals surface area contributed by atoms with Gasteiger partial charge in [0.1, 0.15) is 0 Å². The summed E-state index contributed by atoms with van der Waals surface area (Å²) in [5.74, 6) is -1.89. The monoisotopic (exact) mass is 256 g/mol. The molecular formula is C12H20N2O4. The van der Waals surface area contributed by atoms with Crippen LogP contribution in [0.2, 0.25) is 0 Å². The van der Waals surface area contributed by atoms with E-state index in [1.54, 1.807) is 12.2 Å². The molecule has 0 aromatic carbocycles. The fraction of sp³-hybridized carbons (Fsp3) is 0.583. The van der Waals surface area contributed by atoms with Gasteiger partial charge in [-0.2, -0.15) is 0 Å². The predicted molar refractivity (Wildman–Crippen MR) is 66.8 cm³/mol. The van der Waals surface area contributed by atoms with Gasteiger partial charge in [0.25, 0.3) is 5.91 Å². The zero-order valence-electron chi connectivity index (χ0n) is 11.0. The maximum atomic E-state index is 11.6. The summed E-state index contributed by atoms with van der Waals surface area (Å²) in [7, 11) is 2.97. The lowest BCUT2D eigenvalue weighted by Gasteiger charge is -2.17. The Morgan fingerprint density at radius 1 is 1.17 bits per heavy atom. The summed E-state index contributed by atoms with van der Waals surface area (Å²) in [6.07, 6.45) is 3.05. The molecule has 0 radical (unpaired) electrons. The molecule has 0 spiro atoms. The molecular weight excluding hydrogens is 236 g/mol. The first-order valence-corrected chi connectivity index (χ1v) is 5.68. The van der Waals surface area contributed by atoms with E-state index in [-0.39, 0.29) is 13.2 Å². The topological polar surface area (TPSA) is 77.9 Å². The number of rotatable bonds is 7. The molecule has 0 unspecified atom stereocenters. The molecule has 0 aromatic heterocycles. The lowest BCUT2D eigenvalue weighted by atomic mass is 10.2. The van der Waals surface area contributed by atoms with E-state index in [1.807, 2.05) is 6.92 Å². The molecule has 0 bridgehead atoms. The highest BCUT2D eigenvalue weighted by atomic mass is 16.3. The maximum absolute atomic E-state index is 11.6. The van der Waals surface area contributed by atoms with E-state index in [0.717, 1.165) is 0 Å². The number of hydrogen-bond donors (Lipinski definition) is 1. The first-order chi connectivity index (χ1) is 8.43. The van der Waals surface area contributed by atoms with Crippen LogP contribution in [-0.2, 0) is 14.4 Å². The van der Waals surface area contributed by atoms with E-state index in [1.165, 1.54) is 23.9 Å². The van der Waals surface area contributed by atoms with Gasteiger partial charge in [0.05, 0.1) is 13.0 Å². The number of likely N-dealkylation sites (N-methyl/N-ethyl adjacent to an activating group) is 2. The lowest BCUT2D eigenvalue weighted by molar-refractivity contribution is -0.146. The molecule has 0 saturated heterocycles. The van der Waals surface area contributed by atoms with Crippen molar-refractivity contribution in [3.63, 3.8) is 0 Å². The molecule has 1 N–H and O–H groups in total. The van der Waals surface area contributed by atoms with E-state index in [2.05, 4.69) is 0 Å². The normalized spacial score (nSPS) is 10.4. The number of hydrogen-bond acceptors (Lipinski definition) is 4. The van der Waals surface area contributed by atoms with Crippen LogP contribution in [0.25, 0.3) is 0 Å². The van der Waals surface area contributed by atoms with E-state index >= 15 is 0 Å². The molecule has 0 fully saturated rings. The minimum Gasteiger partial charge on any atom is -0.395 e. The fourth-order valence-electron chi connectivity index (χ4n) is 1.18. The summed E-state index contributed by atoms with van der Waals surface area (Å²) < 4.78 is 0. The first kappa shape index (κ1) is 16.3. The molecule has 0 heterocycles. The number of aliphatic hydroxyl groups excluding tert-OH is 1. The van der Waals surface area contributed by atoms with Gasteiger partial charge in [0.15, 0.2) is 0 Å². The Morgan fingerprint density at radius 3 is 2.28 bits per heavy atom. The second-order valence-electron chi connectivity index (χ2n) is 3.89. The number of carbonyl (C=O) groups excluding carboxylic acids is 3. The van der Waals surface area contributed by atoms with Crippen molar-refractivity contribution in [2.75, 3.05) is 33.8 Å². The van der Waals surface area contributed by atoms with E-state index in [9.17, 15) is 14.4 Å². The quantitative estimate of drug-likeness (QED) is 0.376. The van der Waals surface area contributed by atoms with Gasteiger partial charge in [-0.25, -0.2) is 0 Å². The van der Waals surface area contributed by atoms with Crippen LogP contribution in [0.15, 0.2) is 12.2 Å². The maximum Gasteiger partial charge on any atom is 0.290 e. The largest absolute Gasteiger partial charge is 0.395 e. The predicted octanol–water partition coefficient (Wildman–Crippen LogP) is -0.569. The van der Waals surface area contributed by atoms with Crippen LogP contribution < -0.4 is 0 Å². The van der Waals surface area contributed by atoms with Crippen LogP contribution >= 0.6 is 0 Å². The minimum absolute atomic E-state index is 0.148. The average molecular weight is 256 g/mol. The molecule has 6 nitrogen and oxygen atoms in total. The Bertz CT molecular complexity index is 339. The average Bonchev–Trinajstić information content (AvgIpc) is 2.34. The zero-order valence-corrected chi connectivity index (χ0v) is 11.0. The molecule has 0 aliphatic rings. The molecule has 0 aromatic rings. The summed E-state index contributed by atoms with van der Waals surface area (Å²) in [4.78, 5) is 37.1. The third-order valence-corrected chi connectivity index (χ3v) is 2.37. The van der Waals surface area contributed by atoms with Crippen LogP contribution in [0, 0.1) is 0 Å². The smallest absolute Gasteiger partial charge is 0.290 e. The second-order valence-corrected chi connectivity index (χ2v) is 3.89. The molecule has 18 heavy (non-hydrogen) atoms. The third-order valence-electron chi connectivity index (χ3n) is 2.37. The molecule has 6 heteroatoms. The van der Waals surface area contributed by atoms with Crippen molar-refractivity contribution in [3.8, 4) is 0 Å². The molecule has 0 atom stereocenters. The summed E-state index contributed by atoms with van der Waals surface area (Å²) >= 11 is 0. The molecule has 0 aliphatic carbocycles. The summed E-state index contributed by atoms with van der Waals surface area (Å²) in [6.45, 7) is 2.12. The van der Waals surface area contributed by atoms with Crippen LogP contribution in [0.5, 0.6) is 0 Å². The zero-order chi connectivity index (χ0) is 14.1. The van der Waals surface area contributed by atoms with Crippen LogP contribution in [0.1, 0.15) is 13.3 Å². The van der Waals surface area contributed by atoms with Gasteiger partial charge in [0, 0.05) is 27.2 Å². The van der Waals surface area contributed by atoms with Crippen molar-refractivity contribution in [3.05, 3.63) is 12.2 Å². The number of Topliss-reactive ketones (excluding diaryl/α,β-unsaturated/α-hetero) is 1. The summed E-state index contributed by atoms with van der Waals surface area (Å²) in [5.41, 5.74) is 0. The first-order valence-electron chi connectivity index (χ1n) is 5.68. The number of allylic oxidation sites excluding steroid dienone is 1.